The minimum atomic E-state index is 0.209. The molecule has 0 bridgehead atoms. The normalized spacial score (nSPS) is 16.7. The van der Waals surface area contributed by atoms with Crippen molar-refractivity contribution in [1.29, 1.82) is 0 Å². The molecule has 19 heavy (non-hydrogen) atoms. The van der Waals surface area contributed by atoms with Crippen molar-refractivity contribution in [3.8, 4) is 0 Å². The van der Waals surface area contributed by atoms with Crippen LogP contribution in [0.1, 0.15) is 48.9 Å². The predicted molar refractivity (Wildman–Crippen MR) is 80.2 cm³/mol. The Labute approximate surface area is 116 Å². The second-order valence-electron chi connectivity index (χ2n) is 5.34. The van der Waals surface area contributed by atoms with Crippen molar-refractivity contribution < 1.29 is 4.74 Å². The standard InChI is InChI=1S/C17H25NO/c1-4-10-18-17(16-7-5-6-11-19-16)15-9-8-13(2)12-14(15)3/h7-9,12,17-18H,4-6,10-11H2,1-3H3. The van der Waals surface area contributed by atoms with Gasteiger partial charge in [-0.05, 0) is 56.9 Å². The van der Waals surface area contributed by atoms with Crippen LogP contribution < -0.4 is 5.32 Å². The Kier molecular flexibility index (Phi) is 5.03. The summed E-state index contributed by atoms with van der Waals surface area (Å²) in [6, 6.07) is 6.88. The first-order valence-corrected chi connectivity index (χ1v) is 7.35. The van der Waals surface area contributed by atoms with Crippen LogP contribution >= 0.6 is 0 Å². The van der Waals surface area contributed by atoms with Gasteiger partial charge in [0.15, 0.2) is 0 Å². The maximum Gasteiger partial charge on any atom is 0.113 e. The number of hydrogen-bond donors (Lipinski definition) is 1. The van der Waals surface area contributed by atoms with Crippen LogP contribution in [0.25, 0.3) is 0 Å². The fourth-order valence-electron chi connectivity index (χ4n) is 2.58. The molecule has 1 heterocycles. The molecule has 0 fully saturated rings. The van der Waals surface area contributed by atoms with Crippen molar-refractivity contribution in [2.24, 2.45) is 0 Å². The fourth-order valence-corrected chi connectivity index (χ4v) is 2.58. The van der Waals surface area contributed by atoms with E-state index in [4.69, 9.17) is 4.74 Å². The summed E-state index contributed by atoms with van der Waals surface area (Å²) in [7, 11) is 0. The van der Waals surface area contributed by atoms with Crippen molar-refractivity contribution in [2.45, 2.75) is 46.1 Å². The van der Waals surface area contributed by atoms with Gasteiger partial charge in [0.25, 0.3) is 0 Å². The summed E-state index contributed by atoms with van der Waals surface area (Å²) in [5.74, 6) is 1.10. The van der Waals surface area contributed by atoms with Crippen LogP contribution in [0.3, 0.4) is 0 Å². The lowest BCUT2D eigenvalue weighted by molar-refractivity contribution is 0.167. The number of allylic oxidation sites excluding steroid dienone is 1. The van der Waals surface area contributed by atoms with Crippen LogP contribution in [0.4, 0.5) is 0 Å². The maximum absolute atomic E-state index is 5.88. The lowest BCUT2D eigenvalue weighted by Gasteiger charge is -2.26. The van der Waals surface area contributed by atoms with E-state index in [-0.39, 0.29) is 6.04 Å². The van der Waals surface area contributed by atoms with Gasteiger partial charge in [-0.3, -0.25) is 0 Å². The van der Waals surface area contributed by atoms with Crippen molar-refractivity contribution in [3.05, 3.63) is 46.7 Å². The minimum absolute atomic E-state index is 0.209. The van der Waals surface area contributed by atoms with Gasteiger partial charge in [0.2, 0.25) is 0 Å². The SMILES string of the molecule is CCCNC(C1=CCCCO1)c1ccc(C)cc1C. The summed E-state index contributed by atoms with van der Waals surface area (Å²) in [4.78, 5) is 0. The molecule has 0 saturated heterocycles. The first-order valence-electron chi connectivity index (χ1n) is 7.35. The first-order chi connectivity index (χ1) is 9.22. The summed E-state index contributed by atoms with van der Waals surface area (Å²) in [6.07, 6.45) is 5.65. The average Bonchev–Trinajstić information content (AvgIpc) is 2.42. The number of ether oxygens (including phenoxy) is 1. The number of benzene rings is 1. The average molecular weight is 259 g/mol. The molecular formula is C17H25NO. The molecule has 1 atom stereocenters. The van der Waals surface area contributed by atoms with E-state index in [0.29, 0.717) is 0 Å². The zero-order valence-corrected chi connectivity index (χ0v) is 12.3. The van der Waals surface area contributed by atoms with Crippen LogP contribution in [-0.2, 0) is 4.74 Å². The Hall–Kier alpha value is -1.28. The van der Waals surface area contributed by atoms with Crippen molar-refractivity contribution in [1.82, 2.24) is 5.32 Å². The highest BCUT2D eigenvalue weighted by molar-refractivity contribution is 5.36. The minimum Gasteiger partial charge on any atom is -0.496 e. The van der Waals surface area contributed by atoms with Crippen molar-refractivity contribution in [3.63, 3.8) is 0 Å². The van der Waals surface area contributed by atoms with Gasteiger partial charge in [0, 0.05) is 0 Å². The lowest BCUT2D eigenvalue weighted by Crippen LogP contribution is -2.27. The number of aryl methyl sites for hydroxylation is 2. The number of hydrogen-bond acceptors (Lipinski definition) is 2. The molecule has 2 heteroatoms. The van der Waals surface area contributed by atoms with E-state index < -0.39 is 0 Å². The monoisotopic (exact) mass is 259 g/mol. The summed E-state index contributed by atoms with van der Waals surface area (Å²) in [6.45, 7) is 8.38. The zero-order chi connectivity index (χ0) is 13.7. The first kappa shape index (κ1) is 14.1. The molecule has 1 unspecified atom stereocenters. The van der Waals surface area contributed by atoms with Crippen molar-refractivity contribution in [2.75, 3.05) is 13.2 Å². The van der Waals surface area contributed by atoms with E-state index in [1.54, 1.807) is 0 Å². The Morgan fingerprint density at radius 1 is 1.32 bits per heavy atom. The summed E-state index contributed by atoms with van der Waals surface area (Å²) in [5.41, 5.74) is 3.99. The van der Waals surface area contributed by atoms with E-state index in [2.05, 4.69) is 50.4 Å². The van der Waals surface area contributed by atoms with Crippen LogP contribution in [-0.4, -0.2) is 13.2 Å². The van der Waals surface area contributed by atoms with E-state index in [1.807, 2.05) is 0 Å². The molecule has 0 spiro atoms. The Bertz CT molecular complexity index is 451. The zero-order valence-electron chi connectivity index (χ0n) is 12.3. The largest absolute Gasteiger partial charge is 0.496 e. The molecule has 1 N–H and O–H groups in total. The van der Waals surface area contributed by atoms with Crippen molar-refractivity contribution >= 4 is 0 Å². The third-order valence-corrected chi connectivity index (χ3v) is 3.58. The lowest BCUT2D eigenvalue weighted by atomic mass is 9.96. The molecule has 0 aromatic heterocycles. The third kappa shape index (κ3) is 3.60. The Balaban J connectivity index is 2.27. The highest BCUT2D eigenvalue weighted by atomic mass is 16.5. The van der Waals surface area contributed by atoms with Gasteiger partial charge >= 0.3 is 0 Å². The molecule has 1 aromatic carbocycles. The molecule has 0 radical (unpaired) electrons. The van der Waals surface area contributed by atoms with Crippen LogP contribution in [0.2, 0.25) is 0 Å². The highest BCUT2D eigenvalue weighted by Gasteiger charge is 2.20. The third-order valence-electron chi connectivity index (χ3n) is 3.58. The van der Waals surface area contributed by atoms with Gasteiger partial charge in [0.1, 0.15) is 5.76 Å². The fraction of sp³-hybridized carbons (Fsp3) is 0.529. The summed E-state index contributed by atoms with van der Waals surface area (Å²) >= 11 is 0. The van der Waals surface area contributed by atoms with E-state index in [1.165, 1.54) is 16.7 Å². The molecule has 0 aliphatic carbocycles. The smallest absolute Gasteiger partial charge is 0.113 e. The second kappa shape index (κ2) is 6.76. The molecular weight excluding hydrogens is 234 g/mol. The second-order valence-corrected chi connectivity index (χ2v) is 5.34. The molecule has 2 nitrogen and oxygen atoms in total. The molecule has 0 amide bonds. The Morgan fingerprint density at radius 2 is 2.16 bits per heavy atom. The van der Waals surface area contributed by atoms with E-state index in [0.717, 1.165) is 38.2 Å². The summed E-state index contributed by atoms with van der Waals surface area (Å²) < 4.78 is 5.88. The number of rotatable bonds is 5. The van der Waals surface area contributed by atoms with Crippen LogP contribution in [0, 0.1) is 13.8 Å². The van der Waals surface area contributed by atoms with Crippen LogP contribution in [0.5, 0.6) is 0 Å². The predicted octanol–water partition coefficient (Wildman–Crippen LogP) is 4.04. The van der Waals surface area contributed by atoms with Gasteiger partial charge in [-0.1, -0.05) is 30.7 Å². The van der Waals surface area contributed by atoms with Gasteiger partial charge in [0.05, 0.1) is 12.6 Å². The highest BCUT2D eigenvalue weighted by Crippen LogP contribution is 2.28. The van der Waals surface area contributed by atoms with E-state index >= 15 is 0 Å². The topological polar surface area (TPSA) is 21.3 Å². The van der Waals surface area contributed by atoms with E-state index in [9.17, 15) is 0 Å². The quantitative estimate of drug-likeness (QED) is 0.861. The van der Waals surface area contributed by atoms with Gasteiger partial charge in [-0.15, -0.1) is 0 Å². The number of nitrogens with one attached hydrogen (secondary N) is 1. The Morgan fingerprint density at radius 3 is 2.79 bits per heavy atom. The molecule has 2 rings (SSSR count). The molecule has 1 aromatic rings. The maximum atomic E-state index is 5.88. The van der Waals surface area contributed by atoms with Gasteiger partial charge in [-0.25, -0.2) is 0 Å². The summed E-state index contributed by atoms with van der Waals surface area (Å²) in [5, 5.41) is 3.62. The van der Waals surface area contributed by atoms with Gasteiger partial charge in [-0.2, -0.15) is 0 Å². The molecule has 0 saturated carbocycles. The van der Waals surface area contributed by atoms with Crippen LogP contribution in [0.15, 0.2) is 30.0 Å². The molecule has 1 aliphatic heterocycles. The molecule has 1 aliphatic rings. The van der Waals surface area contributed by atoms with Gasteiger partial charge < -0.3 is 10.1 Å². The molecule has 104 valence electrons.